The Bertz CT molecular complexity index is 1530. The van der Waals surface area contributed by atoms with Crippen molar-refractivity contribution in [1.29, 1.82) is 0 Å². The van der Waals surface area contributed by atoms with Crippen molar-refractivity contribution in [2.45, 2.75) is 45.2 Å². The van der Waals surface area contributed by atoms with Gasteiger partial charge in [-0.2, -0.15) is 0 Å². The highest BCUT2D eigenvalue weighted by Gasteiger charge is 2.26. The van der Waals surface area contributed by atoms with Gasteiger partial charge in [0.1, 0.15) is 37.7 Å². The molecule has 0 saturated heterocycles. The smallest absolute Gasteiger partial charge is 0.459 e. The molecule has 0 aliphatic rings. The fourth-order valence-electron chi connectivity index (χ4n) is 4.11. The molecule has 2 amide bonds. The number of ether oxygens (including phenoxy) is 4. The number of nitrogens with one attached hydrogen (secondary N) is 2. The van der Waals surface area contributed by atoms with Gasteiger partial charge in [-0.15, -0.1) is 0 Å². The Balaban J connectivity index is 1.35. The minimum absolute atomic E-state index is 0.00956. The predicted molar refractivity (Wildman–Crippen MR) is 165 cm³/mol. The Morgan fingerprint density at radius 1 is 0.578 bits per heavy atom. The van der Waals surface area contributed by atoms with Crippen molar-refractivity contribution in [2.24, 2.45) is 0 Å². The third-order valence-electron chi connectivity index (χ3n) is 6.52. The number of alkyl carbamates (subject to hydrolysis) is 1. The molecule has 0 radical (unpaired) electrons. The van der Waals surface area contributed by atoms with Crippen LogP contribution in [-0.2, 0) is 50.0 Å². The number of carbonyl (C=O) groups is 4. The van der Waals surface area contributed by atoms with E-state index in [0.29, 0.717) is 5.56 Å². The Hall–Kier alpha value is -5.64. The third-order valence-corrected chi connectivity index (χ3v) is 6.52. The molecule has 0 unspecified atom stereocenters. The summed E-state index contributed by atoms with van der Waals surface area (Å²) in [7, 11) is 0. The lowest BCUT2D eigenvalue weighted by molar-refractivity contribution is -0.148. The van der Waals surface area contributed by atoms with Crippen LogP contribution in [-0.4, -0.2) is 36.2 Å². The van der Waals surface area contributed by atoms with E-state index in [0.717, 1.165) is 16.7 Å². The van der Waals surface area contributed by atoms with Crippen LogP contribution in [0.1, 0.15) is 29.2 Å². The molecule has 45 heavy (non-hydrogen) atoms. The molecule has 0 bridgehead atoms. The van der Waals surface area contributed by atoms with Crippen LogP contribution in [0.15, 0.2) is 115 Å². The van der Waals surface area contributed by atoms with E-state index in [9.17, 15) is 19.2 Å². The molecule has 10 nitrogen and oxygen atoms in total. The third kappa shape index (κ3) is 11.2. The van der Waals surface area contributed by atoms with Crippen molar-refractivity contribution in [1.82, 2.24) is 10.6 Å². The first kappa shape index (κ1) is 32.3. The topological polar surface area (TPSA) is 129 Å². The molecule has 0 spiro atoms. The summed E-state index contributed by atoms with van der Waals surface area (Å²) in [6, 6.07) is 31.8. The average Bonchev–Trinajstić information content (AvgIpc) is 3.07. The van der Waals surface area contributed by atoms with E-state index in [-0.39, 0.29) is 32.0 Å². The van der Waals surface area contributed by atoms with Gasteiger partial charge in [0, 0.05) is 6.42 Å². The fourth-order valence-corrected chi connectivity index (χ4v) is 4.11. The zero-order chi connectivity index (χ0) is 31.9. The summed E-state index contributed by atoms with van der Waals surface area (Å²) in [6.45, 7) is 1.63. The maximum Gasteiger partial charge on any atom is 0.514 e. The van der Waals surface area contributed by atoms with Gasteiger partial charge in [-0.05, 0) is 41.3 Å². The van der Waals surface area contributed by atoms with E-state index in [1.54, 1.807) is 36.4 Å². The summed E-state index contributed by atoms with van der Waals surface area (Å²) in [5, 5.41) is 5.20. The molecule has 4 aromatic carbocycles. The van der Waals surface area contributed by atoms with Gasteiger partial charge in [0.15, 0.2) is 0 Å². The maximum absolute atomic E-state index is 13.3. The van der Waals surface area contributed by atoms with E-state index < -0.39 is 36.2 Å². The van der Waals surface area contributed by atoms with Gasteiger partial charge in [0.05, 0.1) is 0 Å². The molecule has 4 rings (SSSR count). The highest BCUT2D eigenvalue weighted by atomic mass is 16.7. The minimum Gasteiger partial charge on any atom is -0.459 e. The van der Waals surface area contributed by atoms with Crippen LogP contribution in [0.25, 0.3) is 0 Å². The van der Waals surface area contributed by atoms with E-state index >= 15 is 0 Å². The van der Waals surface area contributed by atoms with E-state index in [1.807, 2.05) is 78.9 Å². The molecule has 0 aliphatic heterocycles. The number of carbonyl (C=O) groups excluding carboxylic acids is 4. The SMILES string of the molecule is C[C@H](NC(=O)[C@@H](Cc1ccc(OC(=O)OCc2ccccc2)cc1)NC(=O)OCc1ccccc1)C(=O)OCc1ccccc1. The number of hydrogen-bond acceptors (Lipinski definition) is 8. The summed E-state index contributed by atoms with van der Waals surface area (Å²) in [6.07, 6.45) is -1.61. The summed E-state index contributed by atoms with van der Waals surface area (Å²) in [4.78, 5) is 50.6. The Labute approximate surface area is 261 Å². The fraction of sp³-hybridized carbons (Fsp3) is 0.200. The monoisotopic (exact) mass is 610 g/mol. The van der Waals surface area contributed by atoms with Gasteiger partial charge >= 0.3 is 18.2 Å². The van der Waals surface area contributed by atoms with Gasteiger partial charge in [-0.25, -0.2) is 14.4 Å². The van der Waals surface area contributed by atoms with Crippen LogP contribution in [0.2, 0.25) is 0 Å². The summed E-state index contributed by atoms with van der Waals surface area (Å²) < 4.78 is 21.0. The van der Waals surface area contributed by atoms with Crippen LogP contribution < -0.4 is 15.4 Å². The molecule has 2 N–H and O–H groups in total. The first-order chi connectivity index (χ1) is 21.9. The van der Waals surface area contributed by atoms with Gasteiger partial charge in [0.25, 0.3) is 0 Å². The van der Waals surface area contributed by atoms with Crippen molar-refractivity contribution in [2.75, 3.05) is 0 Å². The second-order valence-corrected chi connectivity index (χ2v) is 10.1. The summed E-state index contributed by atoms with van der Waals surface area (Å²) >= 11 is 0. The standard InChI is InChI=1S/C35H34N2O8/c1-25(33(39)42-22-27-11-5-2-6-12-27)36-32(38)31(37-34(40)43-23-28-13-7-3-8-14-28)21-26-17-19-30(20-18-26)45-35(41)44-24-29-15-9-4-10-16-29/h2-20,25,31H,21-24H2,1H3,(H,36,38)(H,37,40)/t25-,31+/m0/s1. The molecule has 2 atom stereocenters. The number of benzene rings is 4. The number of esters is 1. The van der Waals surface area contributed by atoms with Crippen LogP contribution in [0.5, 0.6) is 5.75 Å². The van der Waals surface area contributed by atoms with Gasteiger partial charge < -0.3 is 29.6 Å². The molecule has 0 aliphatic carbocycles. The first-order valence-corrected chi connectivity index (χ1v) is 14.3. The zero-order valence-corrected chi connectivity index (χ0v) is 24.7. The summed E-state index contributed by atoms with van der Waals surface area (Å²) in [5.74, 6) is -0.998. The molecule has 0 fully saturated rings. The lowest BCUT2D eigenvalue weighted by Gasteiger charge is -2.21. The molecular formula is C35H34N2O8. The van der Waals surface area contributed by atoms with Crippen molar-refractivity contribution in [3.05, 3.63) is 138 Å². The Morgan fingerprint density at radius 2 is 1.07 bits per heavy atom. The zero-order valence-electron chi connectivity index (χ0n) is 24.7. The second kappa shape index (κ2) is 16.9. The predicted octanol–water partition coefficient (Wildman–Crippen LogP) is 5.49. The first-order valence-electron chi connectivity index (χ1n) is 14.3. The van der Waals surface area contributed by atoms with E-state index in [1.165, 1.54) is 6.92 Å². The average molecular weight is 611 g/mol. The second-order valence-electron chi connectivity index (χ2n) is 10.1. The highest BCUT2D eigenvalue weighted by Crippen LogP contribution is 2.15. The lowest BCUT2D eigenvalue weighted by atomic mass is 10.0. The number of hydrogen-bond donors (Lipinski definition) is 2. The van der Waals surface area contributed by atoms with Gasteiger partial charge in [0.2, 0.25) is 5.91 Å². The van der Waals surface area contributed by atoms with Crippen molar-refractivity contribution in [3.8, 4) is 5.75 Å². The van der Waals surface area contributed by atoms with Crippen LogP contribution in [0.4, 0.5) is 9.59 Å². The van der Waals surface area contributed by atoms with E-state index in [2.05, 4.69) is 10.6 Å². The largest absolute Gasteiger partial charge is 0.514 e. The van der Waals surface area contributed by atoms with E-state index in [4.69, 9.17) is 18.9 Å². The minimum atomic E-state index is -1.10. The van der Waals surface area contributed by atoms with Gasteiger partial charge in [-0.3, -0.25) is 4.79 Å². The van der Waals surface area contributed by atoms with Crippen LogP contribution >= 0.6 is 0 Å². The molecule has 0 saturated carbocycles. The Kier molecular flexibility index (Phi) is 12.1. The lowest BCUT2D eigenvalue weighted by Crippen LogP contribution is -2.52. The number of rotatable bonds is 13. The molecule has 4 aromatic rings. The van der Waals surface area contributed by atoms with Crippen molar-refractivity contribution >= 4 is 24.1 Å². The van der Waals surface area contributed by atoms with Crippen molar-refractivity contribution < 1.29 is 38.1 Å². The van der Waals surface area contributed by atoms with Crippen LogP contribution in [0, 0.1) is 0 Å². The molecule has 0 heterocycles. The normalized spacial score (nSPS) is 11.8. The molecular weight excluding hydrogens is 576 g/mol. The molecule has 10 heteroatoms. The van der Waals surface area contributed by atoms with Crippen molar-refractivity contribution in [3.63, 3.8) is 0 Å². The Morgan fingerprint density at radius 3 is 1.60 bits per heavy atom. The van der Waals surface area contributed by atoms with Gasteiger partial charge in [-0.1, -0.05) is 103 Å². The maximum atomic E-state index is 13.3. The molecule has 232 valence electrons. The van der Waals surface area contributed by atoms with Crippen LogP contribution in [0.3, 0.4) is 0 Å². The molecule has 0 aromatic heterocycles. The quantitative estimate of drug-likeness (QED) is 0.116. The highest BCUT2D eigenvalue weighted by molar-refractivity contribution is 5.89. The summed E-state index contributed by atoms with van der Waals surface area (Å²) in [5.41, 5.74) is 3.05. The number of amides is 2.